The van der Waals surface area contributed by atoms with Crippen molar-refractivity contribution in [2.45, 2.75) is 25.3 Å². The molecular weight excluding hydrogens is 241 g/mol. The summed E-state index contributed by atoms with van der Waals surface area (Å²) in [7, 11) is 1.98. The molecule has 16 heavy (non-hydrogen) atoms. The van der Waals surface area contributed by atoms with Gasteiger partial charge in [-0.05, 0) is 44.0 Å². The molecule has 0 aliphatic rings. The number of halogens is 2. The molecule has 1 aromatic carbocycles. The van der Waals surface area contributed by atoms with Gasteiger partial charge in [-0.3, -0.25) is 0 Å². The fraction of sp³-hybridized carbons (Fsp3) is 0.385. The fourth-order valence-corrected chi connectivity index (χ4v) is 1.94. The quantitative estimate of drug-likeness (QED) is 0.758. The Labute approximate surface area is 107 Å². The molecule has 0 saturated carbocycles. The van der Waals surface area contributed by atoms with Crippen molar-refractivity contribution in [3.63, 3.8) is 0 Å². The number of likely N-dealkylation sites (N-methyl/N-ethyl adjacent to an activating group) is 1. The molecule has 0 heterocycles. The lowest BCUT2D eigenvalue weighted by Crippen LogP contribution is -2.27. The summed E-state index contributed by atoms with van der Waals surface area (Å²) in [6.45, 7) is 3.73. The second-order valence-electron chi connectivity index (χ2n) is 3.80. The number of hydrogen-bond donors (Lipinski definition) is 1. The third-order valence-corrected chi connectivity index (χ3v) is 3.33. The Morgan fingerprint density at radius 1 is 1.38 bits per heavy atom. The minimum atomic E-state index is 0.454. The van der Waals surface area contributed by atoms with Crippen LogP contribution in [0.25, 0.3) is 0 Å². The Bertz CT molecular complexity index is 350. The van der Waals surface area contributed by atoms with E-state index in [9.17, 15) is 0 Å². The van der Waals surface area contributed by atoms with Gasteiger partial charge in [-0.15, -0.1) is 6.58 Å². The van der Waals surface area contributed by atoms with Crippen LogP contribution in [0.15, 0.2) is 30.9 Å². The third-order valence-electron chi connectivity index (χ3n) is 2.59. The van der Waals surface area contributed by atoms with Crippen LogP contribution in [0.5, 0.6) is 0 Å². The summed E-state index contributed by atoms with van der Waals surface area (Å²) in [5.74, 6) is 0. The van der Waals surface area contributed by atoms with Crippen molar-refractivity contribution in [1.82, 2.24) is 5.32 Å². The van der Waals surface area contributed by atoms with Gasteiger partial charge in [0, 0.05) is 6.04 Å². The van der Waals surface area contributed by atoms with Crippen LogP contribution in [0.4, 0.5) is 0 Å². The van der Waals surface area contributed by atoms with Gasteiger partial charge in [-0.2, -0.15) is 0 Å². The lowest BCUT2D eigenvalue weighted by Gasteiger charge is -2.15. The summed E-state index contributed by atoms with van der Waals surface area (Å²) >= 11 is 11.9. The van der Waals surface area contributed by atoms with Crippen molar-refractivity contribution in [1.29, 1.82) is 0 Å². The Kier molecular flexibility index (Phi) is 5.89. The maximum absolute atomic E-state index is 5.98. The van der Waals surface area contributed by atoms with Gasteiger partial charge in [0.15, 0.2) is 0 Å². The Balaban J connectivity index is 2.62. The number of benzene rings is 1. The first-order valence-corrected chi connectivity index (χ1v) is 6.15. The zero-order valence-corrected chi connectivity index (χ0v) is 11.0. The van der Waals surface area contributed by atoms with E-state index in [-0.39, 0.29) is 0 Å². The van der Waals surface area contributed by atoms with Gasteiger partial charge >= 0.3 is 0 Å². The fourth-order valence-electron chi connectivity index (χ4n) is 1.62. The van der Waals surface area contributed by atoms with Crippen molar-refractivity contribution in [3.05, 3.63) is 46.5 Å². The molecule has 0 bridgehead atoms. The van der Waals surface area contributed by atoms with E-state index in [2.05, 4.69) is 11.9 Å². The molecule has 0 aromatic heterocycles. The van der Waals surface area contributed by atoms with E-state index in [4.69, 9.17) is 23.2 Å². The lowest BCUT2D eigenvalue weighted by molar-refractivity contribution is 0.525. The summed E-state index contributed by atoms with van der Waals surface area (Å²) in [5, 5.41) is 4.53. The molecule has 88 valence electrons. The van der Waals surface area contributed by atoms with E-state index < -0.39 is 0 Å². The molecule has 1 rings (SSSR count). The highest BCUT2D eigenvalue weighted by molar-refractivity contribution is 6.42. The molecule has 1 aromatic rings. The molecule has 1 nitrogen and oxygen atoms in total. The summed E-state index contributed by atoms with van der Waals surface area (Å²) in [6, 6.07) is 6.25. The van der Waals surface area contributed by atoms with E-state index in [0.717, 1.165) is 19.3 Å². The minimum absolute atomic E-state index is 0.454. The first-order chi connectivity index (χ1) is 7.67. The molecule has 3 heteroatoms. The molecule has 0 aliphatic carbocycles. The van der Waals surface area contributed by atoms with Crippen LogP contribution in [0.1, 0.15) is 18.4 Å². The normalized spacial score (nSPS) is 12.4. The van der Waals surface area contributed by atoms with Gasteiger partial charge in [-0.1, -0.05) is 35.3 Å². The van der Waals surface area contributed by atoms with Crippen LogP contribution >= 0.6 is 23.2 Å². The van der Waals surface area contributed by atoms with E-state index in [1.807, 2.05) is 31.3 Å². The maximum Gasteiger partial charge on any atom is 0.0595 e. The van der Waals surface area contributed by atoms with Crippen LogP contribution in [0.2, 0.25) is 10.0 Å². The predicted molar refractivity (Wildman–Crippen MR) is 72.4 cm³/mol. The van der Waals surface area contributed by atoms with Gasteiger partial charge < -0.3 is 5.32 Å². The first-order valence-electron chi connectivity index (χ1n) is 5.39. The standard InChI is InChI=1S/C13H17Cl2N/c1-3-4-5-11(16-2)8-10-6-7-12(14)13(15)9-10/h3,6-7,9,11,16H,1,4-5,8H2,2H3. The maximum atomic E-state index is 5.98. The molecule has 1 N–H and O–H groups in total. The smallest absolute Gasteiger partial charge is 0.0595 e. The van der Waals surface area contributed by atoms with E-state index in [0.29, 0.717) is 16.1 Å². The van der Waals surface area contributed by atoms with E-state index in [1.165, 1.54) is 5.56 Å². The molecule has 0 fully saturated rings. The van der Waals surface area contributed by atoms with Crippen molar-refractivity contribution in [2.75, 3.05) is 7.05 Å². The average Bonchev–Trinajstić information content (AvgIpc) is 2.29. The number of nitrogens with one attached hydrogen (secondary N) is 1. The van der Waals surface area contributed by atoms with E-state index >= 15 is 0 Å². The number of allylic oxidation sites excluding steroid dienone is 1. The van der Waals surface area contributed by atoms with E-state index in [1.54, 1.807) is 0 Å². The highest BCUT2D eigenvalue weighted by atomic mass is 35.5. The summed E-state index contributed by atoms with van der Waals surface area (Å²) in [6.07, 6.45) is 5.01. The molecular formula is C13H17Cl2N. The average molecular weight is 258 g/mol. The van der Waals surface area contributed by atoms with Gasteiger partial charge in [0.1, 0.15) is 0 Å². The Morgan fingerprint density at radius 2 is 2.12 bits per heavy atom. The minimum Gasteiger partial charge on any atom is -0.317 e. The highest BCUT2D eigenvalue weighted by Crippen LogP contribution is 2.23. The molecule has 0 amide bonds. The van der Waals surface area contributed by atoms with Crippen LogP contribution < -0.4 is 5.32 Å². The molecule has 0 radical (unpaired) electrons. The first kappa shape index (κ1) is 13.6. The zero-order chi connectivity index (χ0) is 12.0. The van der Waals surface area contributed by atoms with Crippen LogP contribution in [-0.2, 0) is 6.42 Å². The molecule has 1 atom stereocenters. The van der Waals surface area contributed by atoms with Crippen LogP contribution in [0.3, 0.4) is 0 Å². The highest BCUT2D eigenvalue weighted by Gasteiger charge is 2.07. The van der Waals surface area contributed by atoms with Gasteiger partial charge in [0.25, 0.3) is 0 Å². The second kappa shape index (κ2) is 6.95. The summed E-state index contributed by atoms with van der Waals surface area (Å²) < 4.78 is 0. The number of hydrogen-bond acceptors (Lipinski definition) is 1. The van der Waals surface area contributed by atoms with Crippen molar-refractivity contribution in [2.24, 2.45) is 0 Å². The Hall–Kier alpha value is -0.500. The molecule has 1 unspecified atom stereocenters. The van der Waals surface area contributed by atoms with Crippen LogP contribution in [0, 0.1) is 0 Å². The monoisotopic (exact) mass is 257 g/mol. The van der Waals surface area contributed by atoms with Gasteiger partial charge in [-0.25, -0.2) is 0 Å². The Morgan fingerprint density at radius 3 is 2.69 bits per heavy atom. The van der Waals surface area contributed by atoms with Crippen LogP contribution in [-0.4, -0.2) is 13.1 Å². The molecule has 0 spiro atoms. The SMILES string of the molecule is C=CCCC(Cc1ccc(Cl)c(Cl)c1)NC. The lowest BCUT2D eigenvalue weighted by atomic mass is 10.0. The second-order valence-corrected chi connectivity index (χ2v) is 4.62. The molecule has 0 aliphatic heterocycles. The number of rotatable bonds is 6. The summed E-state index contributed by atoms with van der Waals surface area (Å²) in [5.41, 5.74) is 1.21. The molecule has 0 saturated heterocycles. The largest absolute Gasteiger partial charge is 0.317 e. The van der Waals surface area contributed by atoms with Gasteiger partial charge in [0.05, 0.1) is 10.0 Å². The van der Waals surface area contributed by atoms with Crippen molar-refractivity contribution < 1.29 is 0 Å². The van der Waals surface area contributed by atoms with Crippen molar-refractivity contribution >= 4 is 23.2 Å². The topological polar surface area (TPSA) is 12.0 Å². The summed E-state index contributed by atoms with van der Waals surface area (Å²) in [4.78, 5) is 0. The third kappa shape index (κ3) is 4.17. The van der Waals surface area contributed by atoms with Crippen molar-refractivity contribution in [3.8, 4) is 0 Å². The van der Waals surface area contributed by atoms with Gasteiger partial charge in [0.2, 0.25) is 0 Å². The zero-order valence-electron chi connectivity index (χ0n) is 9.47. The predicted octanol–water partition coefficient (Wildman–Crippen LogP) is 4.09.